The summed E-state index contributed by atoms with van der Waals surface area (Å²) in [5.41, 5.74) is 1.50. The Bertz CT molecular complexity index is 888. The number of carbonyl (C=O) groups excluding carboxylic acids is 1. The number of benzene rings is 1. The fraction of sp³-hybridized carbons (Fsp3) is 0.421. The van der Waals surface area contributed by atoms with Crippen molar-refractivity contribution >= 4 is 33.0 Å². The molecule has 152 valence electrons. The smallest absolute Gasteiger partial charge is 0.263 e. The molecule has 3 rings (SSSR count). The van der Waals surface area contributed by atoms with Crippen LogP contribution < -0.4 is 10.0 Å². The molecule has 2 heterocycles. The van der Waals surface area contributed by atoms with E-state index >= 15 is 0 Å². The zero-order valence-corrected chi connectivity index (χ0v) is 17.4. The van der Waals surface area contributed by atoms with Crippen LogP contribution in [0.4, 0.5) is 5.69 Å². The van der Waals surface area contributed by atoms with Crippen molar-refractivity contribution in [3.8, 4) is 0 Å². The van der Waals surface area contributed by atoms with E-state index in [0.29, 0.717) is 12.2 Å². The number of morpholine rings is 1. The molecule has 0 unspecified atom stereocenters. The van der Waals surface area contributed by atoms with Gasteiger partial charge in [-0.3, -0.25) is 14.4 Å². The average Bonchev–Trinajstić information content (AvgIpc) is 3.19. The van der Waals surface area contributed by atoms with Crippen molar-refractivity contribution in [2.75, 3.05) is 44.1 Å². The minimum absolute atomic E-state index is 0.00348. The summed E-state index contributed by atoms with van der Waals surface area (Å²) in [4.78, 5) is 15.0. The zero-order chi connectivity index (χ0) is 20.0. The molecule has 9 heteroatoms. The highest BCUT2D eigenvalue weighted by molar-refractivity contribution is 7.93. The van der Waals surface area contributed by atoms with Crippen molar-refractivity contribution in [3.05, 3.63) is 46.2 Å². The van der Waals surface area contributed by atoms with Gasteiger partial charge in [0, 0.05) is 25.3 Å². The predicted molar refractivity (Wildman–Crippen MR) is 111 cm³/mol. The van der Waals surface area contributed by atoms with E-state index in [-0.39, 0.29) is 15.7 Å². The summed E-state index contributed by atoms with van der Waals surface area (Å²) < 4.78 is 33.3. The highest BCUT2D eigenvalue weighted by Crippen LogP contribution is 2.24. The molecule has 1 aromatic heterocycles. The van der Waals surface area contributed by atoms with Gasteiger partial charge in [0.15, 0.2) is 0 Å². The second-order valence-electron chi connectivity index (χ2n) is 6.65. The Kier molecular flexibility index (Phi) is 7.06. The van der Waals surface area contributed by atoms with Crippen molar-refractivity contribution in [1.29, 1.82) is 0 Å². The monoisotopic (exact) mass is 423 g/mol. The molecule has 1 saturated heterocycles. The van der Waals surface area contributed by atoms with E-state index in [1.54, 1.807) is 17.5 Å². The first kappa shape index (κ1) is 20.8. The third-order valence-electron chi connectivity index (χ3n) is 4.47. The molecule has 0 atom stereocenters. The predicted octanol–water partition coefficient (Wildman–Crippen LogP) is 2.31. The van der Waals surface area contributed by atoms with E-state index in [4.69, 9.17) is 4.74 Å². The molecule has 1 aliphatic rings. The van der Waals surface area contributed by atoms with Crippen LogP contribution in [0.15, 0.2) is 40.6 Å². The molecule has 0 spiro atoms. The molecule has 0 aliphatic carbocycles. The van der Waals surface area contributed by atoms with Crippen molar-refractivity contribution in [2.24, 2.45) is 0 Å². The number of thiophene rings is 1. The van der Waals surface area contributed by atoms with Crippen LogP contribution in [-0.4, -0.2) is 58.6 Å². The van der Waals surface area contributed by atoms with Gasteiger partial charge in [0.05, 0.1) is 13.2 Å². The SMILES string of the molecule is Cc1ccc(NS(=O)(=O)c2ccsc2C(=O)NCCCN2CCOCC2)cc1. The van der Waals surface area contributed by atoms with Gasteiger partial charge < -0.3 is 10.1 Å². The summed E-state index contributed by atoms with van der Waals surface area (Å²) >= 11 is 1.13. The Hall–Kier alpha value is -1.94. The average molecular weight is 424 g/mol. The molecule has 1 aromatic carbocycles. The third kappa shape index (κ3) is 5.54. The van der Waals surface area contributed by atoms with Crippen LogP contribution in [0.25, 0.3) is 0 Å². The van der Waals surface area contributed by atoms with Gasteiger partial charge >= 0.3 is 0 Å². The molecule has 7 nitrogen and oxygen atoms in total. The number of anilines is 1. The summed E-state index contributed by atoms with van der Waals surface area (Å²) in [7, 11) is -3.83. The summed E-state index contributed by atoms with van der Waals surface area (Å²) in [5.74, 6) is -0.360. The lowest BCUT2D eigenvalue weighted by Gasteiger charge is -2.26. The van der Waals surface area contributed by atoms with Crippen molar-refractivity contribution in [3.63, 3.8) is 0 Å². The van der Waals surface area contributed by atoms with Crippen LogP contribution in [0.1, 0.15) is 21.7 Å². The Morgan fingerprint density at radius 3 is 2.61 bits per heavy atom. The van der Waals surface area contributed by atoms with Gasteiger partial charge in [-0.2, -0.15) is 0 Å². The van der Waals surface area contributed by atoms with E-state index in [2.05, 4.69) is 14.9 Å². The van der Waals surface area contributed by atoms with E-state index in [9.17, 15) is 13.2 Å². The lowest BCUT2D eigenvalue weighted by molar-refractivity contribution is 0.0374. The molecule has 28 heavy (non-hydrogen) atoms. The molecule has 0 bridgehead atoms. The Labute approximate surface area is 169 Å². The molecule has 0 radical (unpaired) electrons. The molecule has 1 fully saturated rings. The minimum Gasteiger partial charge on any atom is -0.379 e. The quantitative estimate of drug-likeness (QED) is 0.636. The normalized spacial score (nSPS) is 15.3. The van der Waals surface area contributed by atoms with Crippen molar-refractivity contribution < 1.29 is 17.9 Å². The number of aryl methyl sites for hydroxylation is 1. The van der Waals surface area contributed by atoms with Crippen LogP contribution >= 0.6 is 11.3 Å². The van der Waals surface area contributed by atoms with Crippen LogP contribution in [0.2, 0.25) is 0 Å². The Morgan fingerprint density at radius 2 is 1.89 bits per heavy atom. The largest absolute Gasteiger partial charge is 0.379 e. The summed E-state index contributed by atoms with van der Waals surface area (Å²) in [6, 6.07) is 8.51. The molecular weight excluding hydrogens is 398 g/mol. The van der Waals surface area contributed by atoms with Gasteiger partial charge in [0.2, 0.25) is 0 Å². The summed E-state index contributed by atoms with van der Waals surface area (Å²) in [6.07, 6.45) is 0.806. The Balaban J connectivity index is 1.57. The van der Waals surface area contributed by atoms with Crippen molar-refractivity contribution in [1.82, 2.24) is 10.2 Å². The number of rotatable bonds is 8. The number of amides is 1. The number of hydrogen-bond acceptors (Lipinski definition) is 6. The van der Waals surface area contributed by atoms with E-state index in [1.165, 1.54) is 6.07 Å². The topological polar surface area (TPSA) is 87.7 Å². The standard InChI is InChI=1S/C19H25N3O4S2/c1-15-3-5-16(6-4-15)21-28(24,25)17-7-14-27-18(17)19(23)20-8-2-9-22-10-12-26-13-11-22/h3-7,14,21H,2,8-13H2,1H3,(H,20,23). The first-order chi connectivity index (χ1) is 13.5. The maximum absolute atomic E-state index is 12.7. The first-order valence-corrected chi connectivity index (χ1v) is 11.6. The van der Waals surface area contributed by atoms with Gasteiger partial charge in [0.25, 0.3) is 15.9 Å². The number of ether oxygens (including phenoxy) is 1. The maximum atomic E-state index is 12.7. The van der Waals surface area contributed by atoms with Gasteiger partial charge in [-0.15, -0.1) is 11.3 Å². The second kappa shape index (κ2) is 9.51. The number of carbonyl (C=O) groups is 1. The summed E-state index contributed by atoms with van der Waals surface area (Å²) in [5, 5.41) is 4.45. The van der Waals surface area contributed by atoms with Gasteiger partial charge in [0.1, 0.15) is 9.77 Å². The van der Waals surface area contributed by atoms with Gasteiger partial charge in [-0.25, -0.2) is 8.42 Å². The molecule has 2 aromatic rings. The van der Waals surface area contributed by atoms with Crippen LogP contribution in [0.5, 0.6) is 0 Å². The maximum Gasteiger partial charge on any atom is 0.263 e. The van der Waals surface area contributed by atoms with Crippen LogP contribution in [-0.2, 0) is 14.8 Å². The lowest BCUT2D eigenvalue weighted by atomic mass is 10.2. The molecule has 1 amide bonds. The second-order valence-corrected chi connectivity index (χ2v) is 9.22. The first-order valence-electron chi connectivity index (χ1n) is 9.21. The number of sulfonamides is 1. The van der Waals surface area contributed by atoms with Gasteiger partial charge in [-0.05, 0) is 43.5 Å². The number of nitrogens with one attached hydrogen (secondary N) is 2. The summed E-state index contributed by atoms with van der Waals surface area (Å²) in [6.45, 7) is 6.62. The lowest BCUT2D eigenvalue weighted by Crippen LogP contribution is -2.38. The number of hydrogen-bond donors (Lipinski definition) is 2. The van der Waals surface area contributed by atoms with E-state index in [1.807, 2.05) is 19.1 Å². The van der Waals surface area contributed by atoms with Crippen LogP contribution in [0.3, 0.4) is 0 Å². The molecular formula is C19H25N3O4S2. The van der Waals surface area contributed by atoms with Crippen LogP contribution in [0, 0.1) is 6.92 Å². The molecule has 1 aliphatic heterocycles. The third-order valence-corrected chi connectivity index (χ3v) is 6.94. The van der Waals surface area contributed by atoms with E-state index in [0.717, 1.165) is 56.2 Å². The molecule has 2 N–H and O–H groups in total. The van der Waals surface area contributed by atoms with E-state index < -0.39 is 10.0 Å². The zero-order valence-electron chi connectivity index (χ0n) is 15.8. The number of nitrogens with zero attached hydrogens (tertiary/aromatic N) is 1. The fourth-order valence-corrected chi connectivity index (χ4v) is 5.32. The van der Waals surface area contributed by atoms with Crippen molar-refractivity contribution in [2.45, 2.75) is 18.2 Å². The Morgan fingerprint density at radius 1 is 1.18 bits per heavy atom. The highest BCUT2D eigenvalue weighted by Gasteiger charge is 2.24. The minimum atomic E-state index is -3.83. The molecule has 0 saturated carbocycles. The fourth-order valence-electron chi connectivity index (χ4n) is 2.92. The van der Waals surface area contributed by atoms with Gasteiger partial charge in [-0.1, -0.05) is 17.7 Å². The highest BCUT2D eigenvalue weighted by atomic mass is 32.2.